The summed E-state index contributed by atoms with van der Waals surface area (Å²) in [4.78, 5) is 12.9. The van der Waals surface area contributed by atoms with Crippen LogP contribution < -0.4 is 0 Å². The van der Waals surface area contributed by atoms with Crippen molar-refractivity contribution in [2.75, 3.05) is 0 Å². The van der Waals surface area contributed by atoms with Crippen molar-refractivity contribution < 1.29 is 18.0 Å². The van der Waals surface area contributed by atoms with Crippen molar-refractivity contribution in [3.63, 3.8) is 0 Å². The highest BCUT2D eigenvalue weighted by atomic mass is 32.1. The molecule has 1 heterocycles. The fourth-order valence-corrected chi connectivity index (χ4v) is 2.41. The maximum atomic E-state index is 12.5. The van der Waals surface area contributed by atoms with Gasteiger partial charge in [-0.15, -0.1) is 11.3 Å². The third-order valence-electron chi connectivity index (χ3n) is 2.69. The predicted octanol–water partition coefficient (Wildman–Crippen LogP) is 4.58. The molecule has 0 aliphatic heterocycles. The lowest BCUT2D eigenvalue weighted by atomic mass is 10.0. The van der Waals surface area contributed by atoms with Gasteiger partial charge in [-0.05, 0) is 30.0 Å². The molecule has 0 bridgehead atoms. The molecule has 0 amide bonds. The molecule has 0 radical (unpaired) electrons. The molecular formula is C14H11F3OS. The van der Waals surface area contributed by atoms with E-state index in [1.807, 2.05) is 17.5 Å². The summed E-state index contributed by atoms with van der Waals surface area (Å²) >= 11 is 1.54. The van der Waals surface area contributed by atoms with Gasteiger partial charge in [0.15, 0.2) is 5.78 Å². The third kappa shape index (κ3) is 3.67. The van der Waals surface area contributed by atoms with Crippen molar-refractivity contribution in [1.29, 1.82) is 0 Å². The molecule has 0 aliphatic rings. The normalized spacial score (nSPS) is 11.5. The Morgan fingerprint density at radius 3 is 2.58 bits per heavy atom. The van der Waals surface area contributed by atoms with Crippen LogP contribution in [-0.4, -0.2) is 5.78 Å². The molecule has 2 aromatic rings. The van der Waals surface area contributed by atoms with Gasteiger partial charge in [-0.2, -0.15) is 13.2 Å². The highest BCUT2D eigenvalue weighted by Crippen LogP contribution is 2.29. The number of hydrogen-bond acceptors (Lipinski definition) is 2. The Labute approximate surface area is 112 Å². The van der Waals surface area contributed by atoms with Crippen molar-refractivity contribution in [3.8, 4) is 0 Å². The molecule has 0 spiro atoms. The maximum absolute atomic E-state index is 12.5. The molecule has 1 aromatic carbocycles. The lowest BCUT2D eigenvalue weighted by molar-refractivity contribution is -0.137. The van der Waals surface area contributed by atoms with E-state index in [4.69, 9.17) is 0 Å². The molecule has 0 saturated carbocycles. The zero-order valence-electron chi connectivity index (χ0n) is 9.91. The van der Waals surface area contributed by atoms with Gasteiger partial charge < -0.3 is 0 Å². The number of hydrogen-bond donors (Lipinski definition) is 0. The largest absolute Gasteiger partial charge is 0.416 e. The number of carbonyl (C=O) groups excluding carboxylic acids is 1. The summed E-state index contributed by atoms with van der Waals surface area (Å²) in [6.07, 6.45) is -3.63. The van der Waals surface area contributed by atoms with Crippen LogP contribution >= 0.6 is 11.3 Å². The summed E-state index contributed by atoms with van der Waals surface area (Å²) in [6.45, 7) is 0. The van der Waals surface area contributed by atoms with Crippen LogP contribution in [0.25, 0.3) is 0 Å². The molecule has 100 valence electrons. The first-order valence-corrected chi connectivity index (χ1v) is 6.57. The van der Waals surface area contributed by atoms with Gasteiger partial charge in [0.1, 0.15) is 0 Å². The van der Waals surface area contributed by atoms with Crippen molar-refractivity contribution in [3.05, 3.63) is 57.8 Å². The lowest BCUT2D eigenvalue weighted by Crippen LogP contribution is -2.07. The van der Waals surface area contributed by atoms with Crippen LogP contribution in [-0.2, 0) is 12.6 Å². The maximum Gasteiger partial charge on any atom is 0.416 e. The highest BCUT2D eigenvalue weighted by Gasteiger charge is 2.30. The zero-order chi connectivity index (χ0) is 13.9. The molecule has 0 atom stereocenters. The van der Waals surface area contributed by atoms with Crippen LogP contribution in [0.5, 0.6) is 0 Å². The second-order valence-electron chi connectivity index (χ2n) is 4.08. The van der Waals surface area contributed by atoms with Crippen LogP contribution in [0.1, 0.15) is 27.2 Å². The number of alkyl halides is 3. The van der Waals surface area contributed by atoms with Crippen molar-refractivity contribution >= 4 is 17.1 Å². The van der Waals surface area contributed by atoms with Crippen LogP contribution in [0.2, 0.25) is 0 Å². The lowest BCUT2D eigenvalue weighted by Gasteiger charge is -2.08. The summed E-state index contributed by atoms with van der Waals surface area (Å²) < 4.78 is 37.6. The SMILES string of the molecule is O=C(CCc1cccs1)c1cccc(C(F)(F)F)c1. The van der Waals surface area contributed by atoms with Crippen LogP contribution in [0.4, 0.5) is 13.2 Å². The summed E-state index contributed by atoms with van der Waals surface area (Å²) in [5, 5.41) is 1.91. The van der Waals surface area contributed by atoms with Gasteiger partial charge in [0.05, 0.1) is 5.56 Å². The molecule has 0 saturated heterocycles. The van der Waals surface area contributed by atoms with Gasteiger partial charge in [-0.25, -0.2) is 0 Å². The van der Waals surface area contributed by atoms with Crippen molar-refractivity contribution in [2.45, 2.75) is 19.0 Å². The zero-order valence-corrected chi connectivity index (χ0v) is 10.7. The van der Waals surface area contributed by atoms with E-state index in [-0.39, 0.29) is 17.8 Å². The van der Waals surface area contributed by atoms with Crippen molar-refractivity contribution in [2.24, 2.45) is 0 Å². The third-order valence-corrected chi connectivity index (χ3v) is 3.63. The molecule has 5 heteroatoms. The van der Waals surface area contributed by atoms with Crippen LogP contribution in [0.3, 0.4) is 0 Å². The van der Waals surface area contributed by atoms with Gasteiger partial charge in [-0.1, -0.05) is 18.2 Å². The van der Waals surface area contributed by atoms with E-state index in [2.05, 4.69) is 0 Å². The first kappa shape index (κ1) is 13.8. The van der Waals surface area contributed by atoms with E-state index in [0.717, 1.165) is 17.0 Å². The quantitative estimate of drug-likeness (QED) is 0.751. The predicted molar refractivity (Wildman–Crippen MR) is 68.4 cm³/mol. The molecule has 0 unspecified atom stereocenters. The van der Waals surface area contributed by atoms with Gasteiger partial charge in [0, 0.05) is 16.9 Å². The summed E-state index contributed by atoms with van der Waals surface area (Å²) in [5.74, 6) is -0.264. The number of thiophene rings is 1. The fraction of sp³-hybridized carbons (Fsp3) is 0.214. The number of carbonyl (C=O) groups is 1. The Hall–Kier alpha value is -1.62. The number of benzene rings is 1. The van der Waals surface area contributed by atoms with Crippen LogP contribution in [0.15, 0.2) is 41.8 Å². The molecule has 0 N–H and O–H groups in total. The van der Waals surface area contributed by atoms with E-state index in [9.17, 15) is 18.0 Å². The standard InChI is InChI=1S/C14H11F3OS/c15-14(16,17)11-4-1-3-10(9-11)13(18)7-6-12-5-2-8-19-12/h1-5,8-9H,6-7H2. The minimum atomic E-state index is -4.41. The molecule has 19 heavy (non-hydrogen) atoms. The Morgan fingerprint density at radius 2 is 1.95 bits per heavy atom. The molecular weight excluding hydrogens is 273 g/mol. The summed E-state index contributed by atoms with van der Waals surface area (Å²) in [6, 6.07) is 8.36. The average Bonchev–Trinajstić information content (AvgIpc) is 2.88. The molecule has 2 rings (SSSR count). The van der Waals surface area contributed by atoms with Gasteiger partial charge in [-0.3, -0.25) is 4.79 Å². The average molecular weight is 284 g/mol. The number of Topliss-reactive ketones (excluding diaryl/α,β-unsaturated/α-hetero) is 1. The van der Waals surface area contributed by atoms with Gasteiger partial charge >= 0.3 is 6.18 Å². The first-order chi connectivity index (χ1) is 8.97. The minimum Gasteiger partial charge on any atom is -0.294 e. The molecule has 0 fully saturated rings. The number of ketones is 1. The highest BCUT2D eigenvalue weighted by molar-refractivity contribution is 7.09. The van der Waals surface area contributed by atoms with Crippen molar-refractivity contribution in [1.82, 2.24) is 0 Å². The molecule has 1 aromatic heterocycles. The van der Waals surface area contributed by atoms with E-state index < -0.39 is 11.7 Å². The van der Waals surface area contributed by atoms with E-state index >= 15 is 0 Å². The molecule has 0 aliphatic carbocycles. The Balaban J connectivity index is 2.07. The number of aryl methyl sites for hydroxylation is 1. The Bertz CT molecular complexity index is 558. The number of rotatable bonds is 4. The Kier molecular flexibility index (Phi) is 4.04. The van der Waals surface area contributed by atoms with Gasteiger partial charge in [0.2, 0.25) is 0 Å². The summed E-state index contributed by atoms with van der Waals surface area (Å²) in [7, 11) is 0. The minimum absolute atomic E-state index is 0.117. The van der Waals surface area contributed by atoms with Gasteiger partial charge in [0.25, 0.3) is 0 Å². The van der Waals surface area contributed by atoms with E-state index in [1.165, 1.54) is 23.5 Å². The monoisotopic (exact) mass is 284 g/mol. The number of halogens is 3. The topological polar surface area (TPSA) is 17.1 Å². The second-order valence-corrected chi connectivity index (χ2v) is 5.11. The second kappa shape index (κ2) is 5.57. The first-order valence-electron chi connectivity index (χ1n) is 5.69. The Morgan fingerprint density at radius 1 is 1.16 bits per heavy atom. The fourth-order valence-electron chi connectivity index (χ4n) is 1.70. The van der Waals surface area contributed by atoms with Crippen LogP contribution in [0, 0.1) is 0 Å². The summed E-state index contributed by atoms with van der Waals surface area (Å²) in [5.41, 5.74) is -0.666. The smallest absolute Gasteiger partial charge is 0.294 e. The molecule has 1 nitrogen and oxygen atoms in total. The van der Waals surface area contributed by atoms with E-state index in [1.54, 1.807) is 0 Å². The van der Waals surface area contributed by atoms with E-state index in [0.29, 0.717) is 6.42 Å².